The number of rotatable bonds is 4. The van der Waals surface area contributed by atoms with E-state index < -0.39 is 9.84 Å². The average Bonchev–Trinajstić information content (AvgIpc) is 2.00. The van der Waals surface area contributed by atoms with Crippen molar-refractivity contribution < 1.29 is 8.42 Å². The third kappa shape index (κ3) is 3.79. The first-order valence-corrected chi connectivity index (χ1v) is 6.08. The summed E-state index contributed by atoms with van der Waals surface area (Å²) in [5.41, 5.74) is 0. The first kappa shape index (κ1) is 12.5. The molecule has 0 aliphatic carbocycles. The molecular weight excluding hydrogens is 186 g/mol. The van der Waals surface area contributed by atoms with E-state index in [1.165, 1.54) is 6.26 Å². The molecule has 0 bridgehead atoms. The van der Waals surface area contributed by atoms with Crippen LogP contribution in [0.25, 0.3) is 0 Å². The van der Waals surface area contributed by atoms with E-state index in [0.717, 1.165) is 0 Å². The molecule has 2 atom stereocenters. The van der Waals surface area contributed by atoms with Crippen molar-refractivity contribution >= 4 is 9.84 Å². The standard InChI is InChI=1S/C9H17NO2S/c1-6-7-10(4)8(2)9(3)13(5,11)12/h1,8-9H,7H2,2-5H3/t8-,9+/m1/s1. The van der Waals surface area contributed by atoms with Crippen LogP contribution in [0.5, 0.6) is 0 Å². The van der Waals surface area contributed by atoms with E-state index in [2.05, 4.69) is 5.92 Å². The van der Waals surface area contributed by atoms with Gasteiger partial charge in [-0.15, -0.1) is 6.42 Å². The van der Waals surface area contributed by atoms with Gasteiger partial charge in [0, 0.05) is 12.3 Å². The summed E-state index contributed by atoms with van der Waals surface area (Å²) in [6.07, 6.45) is 6.38. The van der Waals surface area contributed by atoms with Gasteiger partial charge in [0.05, 0.1) is 11.8 Å². The second-order valence-corrected chi connectivity index (χ2v) is 5.80. The van der Waals surface area contributed by atoms with E-state index in [-0.39, 0.29) is 11.3 Å². The van der Waals surface area contributed by atoms with Crippen LogP contribution in [0.15, 0.2) is 0 Å². The minimum atomic E-state index is -2.98. The lowest BCUT2D eigenvalue weighted by atomic mass is 10.2. The number of sulfone groups is 1. The van der Waals surface area contributed by atoms with E-state index in [1.54, 1.807) is 6.92 Å². The highest BCUT2D eigenvalue weighted by Crippen LogP contribution is 2.09. The van der Waals surface area contributed by atoms with Crippen LogP contribution in [0, 0.1) is 12.3 Å². The lowest BCUT2D eigenvalue weighted by molar-refractivity contribution is 0.283. The molecule has 0 saturated heterocycles. The van der Waals surface area contributed by atoms with Crippen LogP contribution in [0.1, 0.15) is 13.8 Å². The lowest BCUT2D eigenvalue weighted by Crippen LogP contribution is -2.41. The molecule has 0 aromatic rings. The van der Waals surface area contributed by atoms with Crippen molar-refractivity contribution in [2.75, 3.05) is 19.8 Å². The smallest absolute Gasteiger partial charge is 0.151 e. The molecule has 0 N–H and O–H groups in total. The summed E-state index contributed by atoms with van der Waals surface area (Å²) < 4.78 is 22.4. The van der Waals surface area contributed by atoms with Gasteiger partial charge in [-0.1, -0.05) is 5.92 Å². The molecule has 0 aromatic heterocycles. The van der Waals surface area contributed by atoms with Gasteiger partial charge in [-0.05, 0) is 20.9 Å². The maximum absolute atomic E-state index is 11.2. The Labute approximate surface area is 81.0 Å². The molecule has 0 saturated carbocycles. The molecule has 0 aliphatic heterocycles. The summed E-state index contributed by atoms with van der Waals surface area (Å²) in [6, 6.07) is -0.0500. The fourth-order valence-electron chi connectivity index (χ4n) is 1.00. The molecule has 13 heavy (non-hydrogen) atoms. The third-order valence-corrected chi connectivity index (χ3v) is 4.14. The van der Waals surface area contributed by atoms with Gasteiger partial charge in [0.25, 0.3) is 0 Å². The summed E-state index contributed by atoms with van der Waals surface area (Å²) in [4.78, 5) is 1.85. The van der Waals surface area contributed by atoms with Crippen LogP contribution in [-0.4, -0.2) is 44.5 Å². The van der Waals surface area contributed by atoms with Crippen molar-refractivity contribution in [3.8, 4) is 12.3 Å². The Balaban J connectivity index is 4.45. The van der Waals surface area contributed by atoms with Crippen LogP contribution < -0.4 is 0 Å². The summed E-state index contributed by atoms with van der Waals surface area (Å²) in [5, 5.41) is -0.383. The van der Waals surface area contributed by atoms with Gasteiger partial charge in [-0.25, -0.2) is 8.42 Å². The monoisotopic (exact) mass is 203 g/mol. The van der Waals surface area contributed by atoms with E-state index in [4.69, 9.17) is 6.42 Å². The summed E-state index contributed by atoms with van der Waals surface area (Å²) in [7, 11) is -1.15. The van der Waals surface area contributed by atoms with Gasteiger partial charge in [-0.2, -0.15) is 0 Å². The molecule has 0 spiro atoms. The molecule has 0 fully saturated rings. The molecule has 0 rings (SSSR count). The summed E-state index contributed by atoms with van der Waals surface area (Å²) in [5.74, 6) is 2.49. The SMILES string of the molecule is C#CCN(C)[C@H](C)[C@H](C)S(C)(=O)=O. The van der Waals surface area contributed by atoms with Crippen LogP contribution in [-0.2, 0) is 9.84 Å². The summed E-state index contributed by atoms with van der Waals surface area (Å²) in [6.45, 7) is 4.04. The molecule has 0 unspecified atom stereocenters. The molecule has 0 amide bonds. The zero-order valence-electron chi connectivity index (χ0n) is 8.61. The Morgan fingerprint density at radius 3 is 2.23 bits per heavy atom. The largest absolute Gasteiger partial charge is 0.291 e. The van der Waals surface area contributed by atoms with Crippen molar-refractivity contribution in [2.24, 2.45) is 0 Å². The van der Waals surface area contributed by atoms with Crippen molar-refractivity contribution in [1.29, 1.82) is 0 Å². The summed E-state index contributed by atoms with van der Waals surface area (Å²) >= 11 is 0. The number of nitrogens with zero attached hydrogens (tertiary/aromatic N) is 1. The lowest BCUT2D eigenvalue weighted by Gasteiger charge is -2.26. The van der Waals surface area contributed by atoms with Crippen molar-refractivity contribution in [2.45, 2.75) is 25.1 Å². The number of terminal acetylenes is 1. The quantitative estimate of drug-likeness (QED) is 0.620. The predicted molar refractivity (Wildman–Crippen MR) is 55.2 cm³/mol. The van der Waals surface area contributed by atoms with Crippen LogP contribution >= 0.6 is 0 Å². The van der Waals surface area contributed by atoms with E-state index in [1.807, 2.05) is 18.9 Å². The highest BCUT2D eigenvalue weighted by molar-refractivity contribution is 7.91. The minimum absolute atomic E-state index is 0.0500. The number of hydrogen-bond donors (Lipinski definition) is 0. The van der Waals surface area contributed by atoms with Crippen LogP contribution in [0.4, 0.5) is 0 Å². The van der Waals surface area contributed by atoms with Gasteiger partial charge >= 0.3 is 0 Å². The highest BCUT2D eigenvalue weighted by Gasteiger charge is 2.24. The molecule has 0 aromatic carbocycles. The van der Waals surface area contributed by atoms with E-state index in [9.17, 15) is 8.42 Å². The first-order chi connectivity index (χ1) is 5.80. The first-order valence-electron chi connectivity index (χ1n) is 4.13. The zero-order chi connectivity index (χ0) is 10.6. The van der Waals surface area contributed by atoms with Gasteiger partial charge in [-0.3, -0.25) is 4.90 Å². The zero-order valence-corrected chi connectivity index (χ0v) is 9.43. The van der Waals surface area contributed by atoms with Crippen molar-refractivity contribution in [1.82, 2.24) is 4.90 Å². The molecule has 0 heterocycles. The van der Waals surface area contributed by atoms with Gasteiger partial charge in [0.2, 0.25) is 0 Å². The third-order valence-electron chi connectivity index (χ3n) is 2.39. The molecule has 0 aliphatic rings. The second-order valence-electron chi connectivity index (χ2n) is 3.39. The Morgan fingerprint density at radius 2 is 1.92 bits per heavy atom. The van der Waals surface area contributed by atoms with Gasteiger partial charge in [0.1, 0.15) is 0 Å². The highest BCUT2D eigenvalue weighted by atomic mass is 32.2. The van der Waals surface area contributed by atoms with E-state index >= 15 is 0 Å². The Kier molecular flexibility index (Phi) is 4.45. The molecule has 3 nitrogen and oxygen atoms in total. The Morgan fingerprint density at radius 1 is 1.46 bits per heavy atom. The topological polar surface area (TPSA) is 37.4 Å². The minimum Gasteiger partial charge on any atom is -0.291 e. The normalized spacial score (nSPS) is 16.6. The predicted octanol–water partition coefficient (Wildman–Crippen LogP) is 0.373. The number of hydrogen-bond acceptors (Lipinski definition) is 3. The van der Waals surface area contributed by atoms with Crippen LogP contribution in [0.2, 0.25) is 0 Å². The van der Waals surface area contributed by atoms with Crippen molar-refractivity contribution in [3.63, 3.8) is 0 Å². The Hall–Kier alpha value is -0.530. The molecular formula is C9H17NO2S. The Bertz CT molecular complexity index is 289. The maximum Gasteiger partial charge on any atom is 0.151 e. The van der Waals surface area contributed by atoms with Crippen LogP contribution in [0.3, 0.4) is 0 Å². The van der Waals surface area contributed by atoms with E-state index in [0.29, 0.717) is 6.54 Å². The van der Waals surface area contributed by atoms with Gasteiger partial charge < -0.3 is 0 Å². The van der Waals surface area contributed by atoms with Gasteiger partial charge in [0.15, 0.2) is 9.84 Å². The fraction of sp³-hybridized carbons (Fsp3) is 0.778. The average molecular weight is 203 g/mol. The molecule has 4 heteroatoms. The second kappa shape index (κ2) is 4.64. The molecule has 0 radical (unpaired) electrons. The molecule has 76 valence electrons. The fourth-order valence-corrected chi connectivity index (χ4v) is 1.93. The maximum atomic E-state index is 11.2. The van der Waals surface area contributed by atoms with Crippen molar-refractivity contribution in [3.05, 3.63) is 0 Å².